The minimum absolute atomic E-state index is 0.150. The van der Waals surface area contributed by atoms with Gasteiger partial charge in [-0.05, 0) is 49.3 Å². The molecule has 1 saturated carbocycles. The fourth-order valence-electron chi connectivity index (χ4n) is 4.31. The fraction of sp³-hybridized carbons (Fsp3) is 0.375. The molecule has 0 bridgehead atoms. The van der Waals surface area contributed by atoms with Crippen molar-refractivity contribution in [2.75, 3.05) is 0 Å². The van der Waals surface area contributed by atoms with Crippen molar-refractivity contribution in [3.05, 3.63) is 80.8 Å². The van der Waals surface area contributed by atoms with Crippen molar-refractivity contribution in [2.45, 2.75) is 57.8 Å². The van der Waals surface area contributed by atoms with Gasteiger partial charge in [0.25, 0.3) is 5.91 Å². The van der Waals surface area contributed by atoms with Gasteiger partial charge >= 0.3 is 0 Å². The first-order valence-corrected chi connectivity index (χ1v) is 11.5. The molecular formula is C24H26N4OS. The molecule has 1 aromatic heterocycles. The minimum Gasteiger partial charge on any atom is -0.346 e. The van der Waals surface area contributed by atoms with E-state index in [1.54, 1.807) is 0 Å². The van der Waals surface area contributed by atoms with Crippen molar-refractivity contribution in [2.24, 2.45) is 0 Å². The number of nitrogens with one attached hydrogen (secondary N) is 1. The number of aromatic nitrogens is 2. The summed E-state index contributed by atoms with van der Waals surface area (Å²) in [6, 6.07) is 18.1. The Labute approximate surface area is 181 Å². The van der Waals surface area contributed by atoms with Crippen LogP contribution in [0.1, 0.15) is 62.4 Å². The molecule has 2 aliphatic rings. The van der Waals surface area contributed by atoms with E-state index in [4.69, 9.17) is 0 Å². The highest BCUT2D eigenvalue weighted by molar-refractivity contribution is 7.13. The van der Waals surface area contributed by atoms with Gasteiger partial charge < -0.3 is 5.32 Å². The van der Waals surface area contributed by atoms with E-state index < -0.39 is 0 Å². The van der Waals surface area contributed by atoms with Gasteiger partial charge in [0.05, 0.1) is 6.54 Å². The van der Waals surface area contributed by atoms with Crippen LogP contribution in [0, 0.1) is 6.92 Å². The van der Waals surface area contributed by atoms with E-state index in [0.717, 1.165) is 23.5 Å². The number of carbonyl (C=O) groups is 1. The Bertz CT molecular complexity index is 1040. The number of aryl methyl sites for hydroxylation is 2. The lowest BCUT2D eigenvalue weighted by molar-refractivity contribution is 0.0950. The van der Waals surface area contributed by atoms with Crippen molar-refractivity contribution in [1.29, 1.82) is 0 Å². The van der Waals surface area contributed by atoms with E-state index in [1.165, 1.54) is 47.3 Å². The van der Waals surface area contributed by atoms with Gasteiger partial charge in [-0.15, -0.1) is 10.2 Å². The molecule has 1 heterocycles. The third-order valence-electron chi connectivity index (χ3n) is 6.07. The first-order chi connectivity index (χ1) is 14.7. The van der Waals surface area contributed by atoms with Crippen LogP contribution in [-0.4, -0.2) is 27.0 Å². The molecule has 2 aliphatic carbocycles. The zero-order valence-corrected chi connectivity index (χ0v) is 18.0. The Kier molecular flexibility index (Phi) is 5.35. The smallest absolute Gasteiger partial charge is 0.282 e. The third-order valence-corrected chi connectivity index (χ3v) is 6.98. The van der Waals surface area contributed by atoms with Crippen molar-refractivity contribution in [1.82, 2.24) is 20.4 Å². The largest absolute Gasteiger partial charge is 0.346 e. The quantitative estimate of drug-likeness (QED) is 0.617. The Morgan fingerprint density at radius 2 is 1.90 bits per heavy atom. The van der Waals surface area contributed by atoms with Crippen molar-refractivity contribution >= 4 is 17.2 Å². The first-order valence-electron chi connectivity index (χ1n) is 10.7. The van der Waals surface area contributed by atoms with Crippen molar-refractivity contribution in [3.63, 3.8) is 0 Å². The summed E-state index contributed by atoms with van der Waals surface area (Å²) in [5.41, 5.74) is 5.23. The van der Waals surface area contributed by atoms with Gasteiger partial charge in [0.1, 0.15) is 5.01 Å². The van der Waals surface area contributed by atoms with E-state index in [0.29, 0.717) is 23.6 Å². The number of hydrogen-bond acceptors (Lipinski definition) is 5. The lowest BCUT2D eigenvalue weighted by Gasteiger charge is -2.28. The average molecular weight is 419 g/mol. The molecule has 1 atom stereocenters. The van der Waals surface area contributed by atoms with Crippen LogP contribution >= 0.6 is 11.3 Å². The van der Waals surface area contributed by atoms with Crippen LogP contribution in [0.5, 0.6) is 0 Å². The highest BCUT2D eigenvalue weighted by Gasteiger charge is 2.38. The Morgan fingerprint density at radius 1 is 1.10 bits per heavy atom. The summed E-state index contributed by atoms with van der Waals surface area (Å²) < 4.78 is 0. The molecule has 1 fully saturated rings. The van der Waals surface area contributed by atoms with Crippen LogP contribution in [0.4, 0.5) is 0 Å². The summed E-state index contributed by atoms with van der Waals surface area (Å²) in [4.78, 5) is 15.1. The molecule has 1 unspecified atom stereocenters. The minimum atomic E-state index is -0.150. The molecule has 5 nitrogen and oxygen atoms in total. The Hall–Kier alpha value is -2.57. The first kappa shape index (κ1) is 19.4. The van der Waals surface area contributed by atoms with Crippen LogP contribution in [-0.2, 0) is 19.5 Å². The van der Waals surface area contributed by atoms with Crippen molar-refractivity contribution < 1.29 is 4.79 Å². The maximum atomic E-state index is 12.5. The average Bonchev–Trinajstić information content (AvgIpc) is 3.35. The van der Waals surface area contributed by atoms with Crippen LogP contribution in [0.3, 0.4) is 0 Å². The highest BCUT2D eigenvalue weighted by Crippen LogP contribution is 2.42. The third kappa shape index (κ3) is 4.16. The molecule has 6 heteroatoms. The van der Waals surface area contributed by atoms with Gasteiger partial charge in [-0.1, -0.05) is 65.4 Å². The Balaban J connectivity index is 1.24. The van der Waals surface area contributed by atoms with Gasteiger partial charge in [0, 0.05) is 18.6 Å². The predicted molar refractivity (Wildman–Crippen MR) is 118 cm³/mol. The predicted octanol–water partition coefficient (Wildman–Crippen LogP) is 4.43. The number of fused-ring (bicyclic) bond motifs is 1. The molecule has 3 aromatic rings. The Morgan fingerprint density at radius 3 is 2.70 bits per heavy atom. The molecule has 1 N–H and O–H groups in total. The number of hydrogen-bond donors (Lipinski definition) is 1. The van der Waals surface area contributed by atoms with Crippen LogP contribution in [0.2, 0.25) is 0 Å². The van der Waals surface area contributed by atoms with Gasteiger partial charge in [0.2, 0.25) is 5.01 Å². The summed E-state index contributed by atoms with van der Waals surface area (Å²) in [6.07, 6.45) is 4.81. The van der Waals surface area contributed by atoms with Crippen LogP contribution in [0.25, 0.3) is 0 Å². The second-order valence-corrected chi connectivity index (χ2v) is 9.39. The van der Waals surface area contributed by atoms with E-state index >= 15 is 0 Å². The summed E-state index contributed by atoms with van der Waals surface area (Å²) in [6.45, 7) is 3.33. The summed E-state index contributed by atoms with van der Waals surface area (Å²) in [7, 11) is 0. The molecule has 2 aromatic carbocycles. The molecule has 1 amide bonds. The lowest BCUT2D eigenvalue weighted by atomic mass is 10.1. The van der Waals surface area contributed by atoms with E-state index in [-0.39, 0.29) is 5.91 Å². The number of carbonyl (C=O) groups excluding carboxylic acids is 1. The standard InChI is InChI=1S/C24H26N4OS/c1-16-6-8-17(9-7-16)14-25-23(29)24-27-26-22(30-24)15-28(19-11-12-19)21-13-10-18-4-2-3-5-20(18)21/h2-9,19,21H,10-15H2,1H3,(H,25,29). The van der Waals surface area contributed by atoms with E-state index in [9.17, 15) is 4.79 Å². The highest BCUT2D eigenvalue weighted by atomic mass is 32.1. The molecule has 5 rings (SSSR count). The van der Waals surface area contributed by atoms with Gasteiger partial charge in [-0.25, -0.2) is 0 Å². The topological polar surface area (TPSA) is 58.1 Å². The molecule has 0 spiro atoms. The van der Waals surface area contributed by atoms with Gasteiger partial charge in [-0.3, -0.25) is 9.69 Å². The molecule has 0 saturated heterocycles. The number of benzene rings is 2. The number of rotatable bonds is 7. The number of nitrogens with zero attached hydrogens (tertiary/aromatic N) is 3. The zero-order valence-electron chi connectivity index (χ0n) is 17.2. The number of amides is 1. The van der Waals surface area contributed by atoms with E-state index in [2.05, 4.69) is 63.7 Å². The van der Waals surface area contributed by atoms with E-state index in [1.807, 2.05) is 12.1 Å². The normalized spacial score (nSPS) is 17.9. The lowest BCUT2D eigenvalue weighted by Crippen LogP contribution is -2.29. The maximum absolute atomic E-state index is 12.5. The summed E-state index contributed by atoms with van der Waals surface area (Å²) in [5.74, 6) is -0.150. The SMILES string of the molecule is Cc1ccc(CNC(=O)c2nnc(CN(C3CC3)C3CCc4ccccc43)s2)cc1. The van der Waals surface area contributed by atoms with Crippen LogP contribution < -0.4 is 5.32 Å². The summed E-state index contributed by atoms with van der Waals surface area (Å²) in [5, 5.41) is 12.9. The molecular weight excluding hydrogens is 392 g/mol. The zero-order chi connectivity index (χ0) is 20.5. The van der Waals surface area contributed by atoms with Gasteiger partial charge in [-0.2, -0.15) is 0 Å². The molecule has 154 valence electrons. The van der Waals surface area contributed by atoms with Crippen molar-refractivity contribution in [3.8, 4) is 0 Å². The fourth-order valence-corrected chi connectivity index (χ4v) is 5.07. The monoisotopic (exact) mass is 418 g/mol. The molecule has 0 radical (unpaired) electrons. The maximum Gasteiger partial charge on any atom is 0.282 e. The van der Waals surface area contributed by atoms with Crippen LogP contribution in [0.15, 0.2) is 48.5 Å². The summed E-state index contributed by atoms with van der Waals surface area (Å²) >= 11 is 1.42. The molecule has 30 heavy (non-hydrogen) atoms. The van der Waals surface area contributed by atoms with Gasteiger partial charge in [0.15, 0.2) is 0 Å². The molecule has 0 aliphatic heterocycles. The second kappa shape index (κ2) is 8.28. The second-order valence-electron chi connectivity index (χ2n) is 8.33.